The van der Waals surface area contributed by atoms with Gasteiger partial charge in [0.2, 0.25) is 6.79 Å². The van der Waals surface area contributed by atoms with E-state index in [0.29, 0.717) is 34.2 Å². The predicted octanol–water partition coefficient (Wildman–Crippen LogP) is 2.67. The molecule has 1 aliphatic heterocycles. The van der Waals surface area contributed by atoms with E-state index in [4.69, 9.17) is 13.9 Å². The highest BCUT2D eigenvalue weighted by Gasteiger charge is 2.19. The van der Waals surface area contributed by atoms with E-state index in [0.717, 1.165) is 0 Å². The zero-order valence-corrected chi connectivity index (χ0v) is 12.9. The Hall–Kier alpha value is -2.74. The van der Waals surface area contributed by atoms with Gasteiger partial charge in [-0.3, -0.25) is 4.72 Å². The summed E-state index contributed by atoms with van der Waals surface area (Å²) in [5.74, 6) is 1.58. The smallest absolute Gasteiger partial charge is 0.262 e. The van der Waals surface area contributed by atoms with E-state index < -0.39 is 10.0 Å². The number of oxazole rings is 1. The van der Waals surface area contributed by atoms with Crippen LogP contribution in [-0.2, 0) is 10.0 Å². The lowest BCUT2D eigenvalue weighted by atomic mass is 10.3. The first-order chi connectivity index (χ1) is 11.0. The number of ether oxygens (including phenoxy) is 2. The summed E-state index contributed by atoms with van der Waals surface area (Å²) in [5, 5.41) is 0. The summed E-state index contributed by atoms with van der Waals surface area (Å²) in [5.41, 5.74) is 1.43. The third-order valence-electron chi connectivity index (χ3n) is 3.40. The fourth-order valence-electron chi connectivity index (χ4n) is 2.36. The van der Waals surface area contributed by atoms with Crippen molar-refractivity contribution in [1.29, 1.82) is 0 Å². The largest absolute Gasteiger partial charge is 0.454 e. The number of rotatable bonds is 3. The van der Waals surface area contributed by atoms with Crippen molar-refractivity contribution in [3.05, 3.63) is 42.3 Å². The van der Waals surface area contributed by atoms with Gasteiger partial charge in [-0.1, -0.05) is 0 Å². The molecule has 0 aliphatic carbocycles. The third kappa shape index (κ3) is 2.46. The maximum absolute atomic E-state index is 12.5. The van der Waals surface area contributed by atoms with Crippen LogP contribution in [0.4, 0.5) is 5.69 Å². The van der Waals surface area contributed by atoms with E-state index in [9.17, 15) is 8.42 Å². The Morgan fingerprint density at radius 2 is 1.91 bits per heavy atom. The Kier molecular flexibility index (Phi) is 2.95. The number of nitrogens with zero attached hydrogens (tertiary/aromatic N) is 1. The Morgan fingerprint density at radius 1 is 1.09 bits per heavy atom. The lowest BCUT2D eigenvalue weighted by Crippen LogP contribution is -2.12. The van der Waals surface area contributed by atoms with E-state index in [1.54, 1.807) is 31.2 Å². The molecule has 0 amide bonds. The molecule has 23 heavy (non-hydrogen) atoms. The molecular weight excluding hydrogens is 320 g/mol. The highest BCUT2D eigenvalue weighted by Crippen LogP contribution is 2.35. The van der Waals surface area contributed by atoms with Crippen LogP contribution in [0.5, 0.6) is 11.5 Å². The molecular formula is C15H12N2O5S. The number of fused-ring (bicyclic) bond motifs is 2. The van der Waals surface area contributed by atoms with Gasteiger partial charge in [0, 0.05) is 19.1 Å². The van der Waals surface area contributed by atoms with Crippen LogP contribution in [-0.4, -0.2) is 20.2 Å². The molecule has 0 bridgehead atoms. The van der Waals surface area contributed by atoms with Crippen molar-refractivity contribution in [1.82, 2.24) is 4.98 Å². The van der Waals surface area contributed by atoms with Crippen LogP contribution in [0.3, 0.4) is 0 Å². The maximum atomic E-state index is 12.5. The summed E-state index contributed by atoms with van der Waals surface area (Å²) in [6.45, 7) is 1.84. The molecule has 1 aromatic heterocycles. The fraction of sp³-hybridized carbons (Fsp3) is 0.133. The number of nitrogens with one attached hydrogen (secondary N) is 1. The van der Waals surface area contributed by atoms with Crippen molar-refractivity contribution in [3.63, 3.8) is 0 Å². The third-order valence-corrected chi connectivity index (χ3v) is 4.78. The number of benzene rings is 2. The Balaban J connectivity index is 1.68. The van der Waals surface area contributed by atoms with E-state index in [1.807, 2.05) is 0 Å². The van der Waals surface area contributed by atoms with Crippen LogP contribution in [0.2, 0.25) is 0 Å². The van der Waals surface area contributed by atoms with Gasteiger partial charge < -0.3 is 13.9 Å². The van der Waals surface area contributed by atoms with Crippen molar-refractivity contribution < 1.29 is 22.3 Å². The lowest BCUT2D eigenvalue weighted by Gasteiger charge is -2.08. The Labute approximate surface area is 131 Å². The van der Waals surface area contributed by atoms with Gasteiger partial charge in [0.1, 0.15) is 5.52 Å². The standard InChI is InChI=1S/C15H12N2O5S/c1-9-16-12-4-3-11(7-14(12)22-9)23(18,19)17-10-2-5-13-15(6-10)21-8-20-13/h2-7,17H,8H2,1H3. The van der Waals surface area contributed by atoms with E-state index in [1.165, 1.54) is 12.1 Å². The summed E-state index contributed by atoms with van der Waals surface area (Å²) in [6.07, 6.45) is 0. The van der Waals surface area contributed by atoms with Crippen LogP contribution in [0, 0.1) is 6.92 Å². The fourth-order valence-corrected chi connectivity index (χ4v) is 3.43. The zero-order chi connectivity index (χ0) is 16.0. The minimum atomic E-state index is -3.75. The molecule has 4 rings (SSSR count). The lowest BCUT2D eigenvalue weighted by molar-refractivity contribution is 0.174. The van der Waals surface area contributed by atoms with E-state index in [-0.39, 0.29) is 11.7 Å². The second-order valence-electron chi connectivity index (χ2n) is 5.04. The van der Waals surface area contributed by atoms with Crippen molar-refractivity contribution in [2.45, 2.75) is 11.8 Å². The van der Waals surface area contributed by atoms with Crippen molar-refractivity contribution in [2.24, 2.45) is 0 Å². The van der Waals surface area contributed by atoms with Crippen molar-refractivity contribution >= 4 is 26.8 Å². The molecule has 1 N–H and O–H groups in total. The molecule has 2 heterocycles. The van der Waals surface area contributed by atoms with E-state index in [2.05, 4.69) is 9.71 Å². The number of hydrogen-bond acceptors (Lipinski definition) is 6. The summed E-state index contributed by atoms with van der Waals surface area (Å²) in [4.78, 5) is 4.24. The normalized spacial score (nSPS) is 13.4. The number of hydrogen-bond donors (Lipinski definition) is 1. The molecule has 0 unspecified atom stereocenters. The van der Waals surface area contributed by atoms with Gasteiger partial charge in [0.05, 0.1) is 10.6 Å². The zero-order valence-electron chi connectivity index (χ0n) is 12.1. The van der Waals surface area contributed by atoms with Gasteiger partial charge in [-0.15, -0.1) is 0 Å². The number of sulfonamides is 1. The molecule has 3 aromatic rings. The number of aryl methyl sites for hydroxylation is 1. The second kappa shape index (κ2) is 4.88. The van der Waals surface area contributed by atoms with Crippen molar-refractivity contribution in [3.8, 4) is 11.5 Å². The quantitative estimate of drug-likeness (QED) is 0.793. The maximum Gasteiger partial charge on any atom is 0.262 e. The van der Waals surface area contributed by atoms with Gasteiger partial charge in [0.15, 0.2) is 23.0 Å². The molecule has 8 heteroatoms. The average molecular weight is 332 g/mol. The van der Waals surface area contributed by atoms with Gasteiger partial charge in [0.25, 0.3) is 10.0 Å². The summed E-state index contributed by atoms with van der Waals surface area (Å²) >= 11 is 0. The molecule has 0 radical (unpaired) electrons. The first-order valence-electron chi connectivity index (χ1n) is 6.81. The van der Waals surface area contributed by atoms with Crippen LogP contribution >= 0.6 is 0 Å². The molecule has 1 aliphatic rings. The Morgan fingerprint density at radius 3 is 2.78 bits per heavy atom. The summed E-state index contributed by atoms with van der Waals surface area (Å²) in [6, 6.07) is 9.40. The van der Waals surface area contributed by atoms with Gasteiger partial charge in [-0.2, -0.15) is 0 Å². The van der Waals surface area contributed by atoms with E-state index >= 15 is 0 Å². The highest BCUT2D eigenvalue weighted by atomic mass is 32.2. The molecule has 0 spiro atoms. The van der Waals surface area contributed by atoms with Crippen molar-refractivity contribution in [2.75, 3.05) is 11.5 Å². The Bertz CT molecular complexity index is 1010. The molecule has 7 nitrogen and oxygen atoms in total. The van der Waals surface area contributed by atoms with Crippen LogP contribution in [0.25, 0.3) is 11.1 Å². The SMILES string of the molecule is Cc1nc2ccc(S(=O)(=O)Nc3ccc4c(c3)OCO4)cc2o1. The predicted molar refractivity (Wildman–Crippen MR) is 82.1 cm³/mol. The second-order valence-corrected chi connectivity index (χ2v) is 6.72. The number of aromatic nitrogens is 1. The van der Waals surface area contributed by atoms with Crippen LogP contribution in [0.1, 0.15) is 5.89 Å². The first kappa shape index (κ1) is 13.9. The minimum absolute atomic E-state index is 0.0961. The van der Waals surface area contributed by atoms with Gasteiger partial charge in [-0.05, 0) is 24.3 Å². The molecule has 0 atom stereocenters. The number of anilines is 1. The monoisotopic (exact) mass is 332 g/mol. The van der Waals surface area contributed by atoms with Crippen LogP contribution < -0.4 is 14.2 Å². The minimum Gasteiger partial charge on any atom is -0.454 e. The summed E-state index contributed by atoms with van der Waals surface area (Å²) < 4.78 is 43.3. The topological polar surface area (TPSA) is 90.7 Å². The van der Waals surface area contributed by atoms with Gasteiger partial charge in [-0.25, -0.2) is 13.4 Å². The molecule has 0 saturated heterocycles. The average Bonchev–Trinajstić information content (AvgIpc) is 3.10. The first-order valence-corrected chi connectivity index (χ1v) is 8.29. The highest BCUT2D eigenvalue weighted by molar-refractivity contribution is 7.92. The molecule has 0 fully saturated rings. The summed E-state index contributed by atoms with van der Waals surface area (Å²) in [7, 11) is -3.75. The van der Waals surface area contributed by atoms with Crippen LogP contribution in [0.15, 0.2) is 45.7 Å². The molecule has 0 saturated carbocycles. The van der Waals surface area contributed by atoms with Gasteiger partial charge >= 0.3 is 0 Å². The molecule has 2 aromatic carbocycles. The molecule has 118 valence electrons.